The smallest absolute Gasteiger partial charge is 0.0940 e. The van der Waals surface area contributed by atoms with E-state index in [4.69, 9.17) is 15.2 Å². The number of pyridine rings is 1. The second kappa shape index (κ2) is 5.48. The standard InChI is InChI=1S/C14H19BrN2O2/c15-12-5-11(7-17-8-12)13(16)10-1-3-19-14(6-10)2-4-18-9-14/h5,7-8,10,13H,1-4,6,9,16H2. The van der Waals surface area contributed by atoms with Crippen LogP contribution in [0.15, 0.2) is 22.9 Å². The Bertz CT molecular complexity index is 449. The van der Waals surface area contributed by atoms with E-state index >= 15 is 0 Å². The minimum atomic E-state index is -0.0834. The molecule has 3 atom stereocenters. The summed E-state index contributed by atoms with van der Waals surface area (Å²) < 4.78 is 12.4. The monoisotopic (exact) mass is 326 g/mol. The van der Waals surface area contributed by atoms with Gasteiger partial charge in [0.15, 0.2) is 0 Å². The molecule has 104 valence electrons. The van der Waals surface area contributed by atoms with E-state index in [2.05, 4.69) is 27.0 Å². The first-order chi connectivity index (χ1) is 9.19. The van der Waals surface area contributed by atoms with E-state index in [1.165, 1.54) is 0 Å². The number of nitrogens with two attached hydrogens (primary N) is 1. The summed E-state index contributed by atoms with van der Waals surface area (Å²) in [6, 6.07) is 2.08. The van der Waals surface area contributed by atoms with Gasteiger partial charge in [0, 0.05) is 42.5 Å². The van der Waals surface area contributed by atoms with Gasteiger partial charge in [-0.2, -0.15) is 0 Å². The van der Waals surface area contributed by atoms with E-state index in [9.17, 15) is 0 Å². The van der Waals surface area contributed by atoms with Crippen molar-refractivity contribution in [2.45, 2.75) is 30.9 Å². The van der Waals surface area contributed by atoms with Gasteiger partial charge in [-0.25, -0.2) is 0 Å². The summed E-state index contributed by atoms with van der Waals surface area (Å²) in [5.41, 5.74) is 7.44. The molecule has 3 unspecified atom stereocenters. The van der Waals surface area contributed by atoms with E-state index in [0.717, 1.165) is 42.5 Å². The van der Waals surface area contributed by atoms with Gasteiger partial charge in [0.2, 0.25) is 0 Å². The molecule has 1 aromatic rings. The summed E-state index contributed by atoms with van der Waals surface area (Å²) in [6.45, 7) is 2.30. The molecular weight excluding hydrogens is 308 g/mol. The molecule has 3 rings (SSSR count). The molecule has 0 bridgehead atoms. The Morgan fingerprint density at radius 3 is 3.05 bits per heavy atom. The first-order valence-corrected chi connectivity index (χ1v) is 7.56. The Labute approximate surface area is 121 Å². The first kappa shape index (κ1) is 13.5. The molecule has 5 heteroatoms. The Morgan fingerprint density at radius 1 is 1.42 bits per heavy atom. The molecule has 19 heavy (non-hydrogen) atoms. The highest BCUT2D eigenvalue weighted by Crippen LogP contribution is 2.40. The van der Waals surface area contributed by atoms with Crippen molar-refractivity contribution in [3.63, 3.8) is 0 Å². The lowest BCUT2D eigenvalue weighted by Gasteiger charge is -2.39. The molecular formula is C14H19BrN2O2. The van der Waals surface area contributed by atoms with Crippen LogP contribution in [-0.4, -0.2) is 30.4 Å². The van der Waals surface area contributed by atoms with E-state index < -0.39 is 0 Å². The summed E-state index contributed by atoms with van der Waals surface area (Å²) in [4.78, 5) is 4.21. The predicted octanol–water partition coefficient (Wildman–Crippen LogP) is 2.43. The van der Waals surface area contributed by atoms with Gasteiger partial charge in [0.25, 0.3) is 0 Å². The van der Waals surface area contributed by atoms with Crippen molar-refractivity contribution in [1.82, 2.24) is 4.98 Å². The number of hydrogen-bond acceptors (Lipinski definition) is 4. The van der Waals surface area contributed by atoms with E-state index in [-0.39, 0.29) is 11.6 Å². The summed E-state index contributed by atoms with van der Waals surface area (Å²) in [7, 11) is 0. The van der Waals surface area contributed by atoms with Crippen LogP contribution in [0.5, 0.6) is 0 Å². The van der Waals surface area contributed by atoms with Crippen LogP contribution in [0.1, 0.15) is 30.9 Å². The Kier molecular flexibility index (Phi) is 3.89. The second-order valence-corrected chi connectivity index (χ2v) is 6.46. The van der Waals surface area contributed by atoms with Crippen molar-refractivity contribution in [3.8, 4) is 0 Å². The Balaban J connectivity index is 1.74. The van der Waals surface area contributed by atoms with Crippen LogP contribution >= 0.6 is 15.9 Å². The first-order valence-electron chi connectivity index (χ1n) is 6.76. The van der Waals surface area contributed by atoms with Crippen molar-refractivity contribution < 1.29 is 9.47 Å². The van der Waals surface area contributed by atoms with Crippen molar-refractivity contribution in [2.24, 2.45) is 11.7 Å². The normalized spacial score (nSPS) is 32.6. The van der Waals surface area contributed by atoms with Crippen molar-refractivity contribution in [3.05, 3.63) is 28.5 Å². The number of rotatable bonds is 2. The molecule has 1 aromatic heterocycles. The fourth-order valence-corrected chi connectivity index (χ4v) is 3.50. The molecule has 2 aliphatic rings. The summed E-state index contributed by atoms with van der Waals surface area (Å²) in [6.07, 6.45) is 6.64. The maximum Gasteiger partial charge on any atom is 0.0940 e. The van der Waals surface area contributed by atoms with Gasteiger partial charge < -0.3 is 15.2 Å². The molecule has 1 spiro atoms. The van der Waals surface area contributed by atoms with E-state index in [1.807, 2.05) is 6.20 Å². The van der Waals surface area contributed by atoms with E-state index in [0.29, 0.717) is 12.5 Å². The van der Waals surface area contributed by atoms with Gasteiger partial charge in [-0.15, -0.1) is 0 Å². The molecule has 0 amide bonds. The minimum absolute atomic E-state index is 0.0198. The van der Waals surface area contributed by atoms with Crippen LogP contribution in [0.4, 0.5) is 0 Å². The summed E-state index contributed by atoms with van der Waals surface area (Å²) in [5, 5.41) is 0. The number of hydrogen-bond donors (Lipinski definition) is 1. The highest BCUT2D eigenvalue weighted by atomic mass is 79.9. The average Bonchev–Trinajstić information content (AvgIpc) is 2.86. The molecule has 2 fully saturated rings. The minimum Gasteiger partial charge on any atom is -0.378 e. The molecule has 2 aliphatic heterocycles. The third-order valence-electron chi connectivity index (χ3n) is 4.22. The van der Waals surface area contributed by atoms with Gasteiger partial charge in [0.05, 0.1) is 12.2 Å². The lowest BCUT2D eigenvalue weighted by molar-refractivity contribution is -0.101. The van der Waals surface area contributed by atoms with Crippen molar-refractivity contribution >= 4 is 15.9 Å². The molecule has 0 aromatic carbocycles. The predicted molar refractivity (Wildman–Crippen MR) is 75.7 cm³/mol. The van der Waals surface area contributed by atoms with Gasteiger partial charge in [-0.1, -0.05) is 0 Å². The lowest BCUT2D eigenvalue weighted by atomic mass is 9.79. The molecule has 2 N–H and O–H groups in total. The zero-order valence-corrected chi connectivity index (χ0v) is 12.4. The topological polar surface area (TPSA) is 57.4 Å². The van der Waals surface area contributed by atoms with Gasteiger partial charge in [-0.05, 0) is 46.3 Å². The molecule has 2 saturated heterocycles. The maximum absolute atomic E-state index is 6.43. The fraction of sp³-hybridized carbons (Fsp3) is 0.643. The number of nitrogens with zero attached hydrogens (tertiary/aromatic N) is 1. The Hall–Kier alpha value is -0.490. The van der Waals surface area contributed by atoms with Crippen LogP contribution in [0.3, 0.4) is 0 Å². The largest absolute Gasteiger partial charge is 0.378 e. The van der Waals surface area contributed by atoms with Crippen LogP contribution in [-0.2, 0) is 9.47 Å². The molecule has 4 nitrogen and oxygen atoms in total. The van der Waals surface area contributed by atoms with Crippen molar-refractivity contribution in [1.29, 1.82) is 0 Å². The summed E-state index contributed by atoms with van der Waals surface area (Å²) in [5.74, 6) is 0.437. The number of ether oxygens (including phenoxy) is 2. The molecule has 3 heterocycles. The van der Waals surface area contributed by atoms with Crippen LogP contribution in [0.2, 0.25) is 0 Å². The molecule has 0 radical (unpaired) electrons. The zero-order valence-electron chi connectivity index (χ0n) is 10.8. The van der Waals surface area contributed by atoms with Gasteiger partial charge in [0.1, 0.15) is 0 Å². The second-order valence-electron chi connectivity index (χ2n) is 5.55. The average molecular weight is 327 g/mol. The maximum atomic E-state index is 6.43. The lowest BCUT2D eigenvalue weighted by Crippen LogP contribution is -2.43. The zero-order chi connectivity index (χ0) is 13.3. The van der Waals surface area contributed by atoms with Crippen LogP contribution < -0.4 is 5.73 Å². The highest BCUT2D eigenvalue weighted by molar-refractivity contribution is 9.10. The van der Waals surface area contributed by atoms with Crippen LogP contribution in [0, 0.1) is 5.92 Å². The van der Waals surface area contributed by atoms with E-state index in [1.54, 1.807) is 6.20 Å². The fourth-order valence-electron chi connectivity index (χ4n) is 3.12. The Morgan fingerprint density at radius 2 is 2.32 bits per heavy atom. The van der Waals surface area contributed by atoms with Crippen molar-refractivity contribution in [2.75, 3.05) is 19.8 Å². The third-order valence-corrected chi connectivity index (χ3v) is 4.65. The van der Waals surface area contributed by atoms with Gasteiger partial charge in [-0.3, -0.25) is 4.98 Å². The number of halogens is 1. The molecule has 0 aliphatic carbocycles. The quantitative estimate of drug-likeness (QED) is 0.906. The molecule has 0 saturated carbocycles. The summed E-state index contributed by atoms with van der Waals surface area (Å²) >= 11 is 3.45. The SMILES string of the molecule is NC(c1cncc(Br)c1)C1CCOC2(CCOC2)C1. The number of aromatic nitrogens is 1. The van der Waals surface area contributed by atoms with Gasteiger partial charge >= 0.3 is 0 Å². The third kappa shape index (κ3) is 2.84. The highest BCUT2D eigenvalue weighted by Gasteiger charge is 2.42. The van der Waals surface area contributed by atoms with Crippen LogP contribution in [0.25, 0.3) is 0 Å².